The van der Waals surface area contributed by atoms with Crippen LogP contribution in [0.25, 0.3) is 10.9 Å². The molecule has 4 heteroatoms. The number of fused-ring (bicyclic) bond motifs is 1. The van der Waals surface area contributed by atoms with E-state index >= 15 is 0 Å². The number of aromatic amines is 1. The molecule has 150 valence electrons. The van der Waals surface area contributed by atoms with Crippen LogP contribution >= 0.6 is 0 Å². The Morgan fingerprint density at radius 1 is 1.17 bits per heavy atom. The van der Waals surface area contributed by atoms with Gasteiger partial charge in [-0.3, -0.25) is 9.59 Å². The molecular formula is C25H28N2O2. The number of carbonyl (C=O) groups excluding carboxylic acids is 2. The van der Waals surface area contributed by atoms with E-state index in [1.807, 2.05) is 37.4 Å². The zero-order chi connectivity index (χ0) is 20.2. The molecule has 0 saturated heterocycles. The molecule has 1 aliphatic rings. The van der Waals surface area contributed by atoms with Crippen LogP contribution in [0.2, 0.25) is 0 Å². The van der Waals surface area contributed by atoms with Crippen LogP contribution in [0, 0.1) is 5.92 Å². The minimum Gasteiger partial charge on any atom is -0.361 e. The van der Waals surface area contributed by atoms with Gasteiger partial charge in [0, 0.05) is 36.0 Å². The molecule has 2 aromatic carbocycles. The minimum atomic E-state index is -0.194. The van der Waals surface area contributed by atoms with Gasteiger partial charge in [0.2, 0.25) is 5.91 Å². The minimum absolute atomic E-state index is 0.0450. The predicted octanol–water partition coefficient (Wildman–Crippen LogP) is 4.54. The highest BCUT2D eigenvalue weighted by Crippen LogP contribution is 2.26. The number of benzene rings is 2. The fraction of sp³-hybridized carbons (Fsp3) is 0.360. The van der Waals surface area contributed by atoms with Gasteiger partial charge >= 0.3 is 0 Å². The van der Waals surface area contributed by atoms with Gasteiger partial charge in [0.15, 0.2) is 0 Å². The van der Waals surface area contributed by atoms with Crippen molar-refractivity contribution in [2.75, 3.05) is 6.54 Å². The summed E-state index contributed by atoms with van der Waals surface area (Å²) in [7, 11) is 0. The van der Waals surface area contributed by atoms with Crippen LogP contribution in [0.15, 0.2) is 54.7 Å². The van der Waals surface area contributed by atoms with Gasteiger partial charge in [0.25, 0.3) is 0 Å². The van der Waals surface area contributed by atoms with E-state index in [0.717, 1.165) is 43.2 Å². The van der Waals surface area contributed by atoms with Gasteiger partial charge in [0.05, 0.1) is 5.92 Å². The molecule has 1 amide bonds. The standard InChI is InChI=1S/C25H28N2O2/c1-17(19-11-9-18(10-12-19)15-20-5-4-8-24(20)28)25(29)26-14-13-21-16-27-23-7-3-2-6-22(21)23/h2-3,6-7,9-12,16-17,20,27H,4-5,8,13-15H2,1H3,(H,26,29)/t17-,20+/m0/s1. The van der Waals surface area contributed by atoms with Gasteiger partial charge in [0.1, 0.15) is 5.78 Å². The largest absolute Gasteiger partial charge is 0.361 e. The number of amides is 1. The van der Waals surface area contributed by atoms with Crippen molar-refractivity contribution < 1.29 is 9.59 Å². The molecule has 0 bridgehead atoms. The number of H-pyrrole nitrogens is 1. The van der Waals surface area contributed by atoms with Crippen molar-refractivity contribution in [3.05, 3.63) is 71.4 Å². The van der Waals surface area contributed by atoms with Crippen LogP contribution in [0.3, 0.4) is 0 Å². The van der Waals surface area contributed by atoms with Crippen molar-refractivity contribution in [3.8, 4) is 0 Å². The van der Waals surface area contributed by atoms with Crippen molar-refractivity contribution in [2.24, 2.45) is 5.92 Å². The predicted molar refractivity (Wildman–Crippen MR) is 116 cm³/mol. The Kier molecular flexibility index (Phi) is 5.79. The summed E-state index contributed by atoms with van der Waals surface area (Å²) in [5.41, 5.74) is 4.54. The van der Waals surface area contributed by atoms with Crippen molar-refractivity contribution in [2.45, 2.75) is 44.9 Å². The monoisotopic (exact) mass is 388 g/mol. The number of Topliss-reactive ketones (excluding diaryl/α,β-unsaturated/α-hetero) is 1. The number of hydrogen-bond acceptors (Lipinski definition) is 2. The Hall–Kier alpha value is -2.88. The molecule has 1 heterocycles. The zero-order valence-corrected chi connectivity index (χ0v) is 16.9. The molecule has 2 N–H and O–H groups in total. The van der Waals surface area contributed by atoms with Gasteiger partial charge in [-0.1, -0.05) is 42.5 Å². The van der Waals surface area contributed by atoms with E-state index in [9.17, 15) is 9.59 Å². The second kappa shape index (κ2) is 8.64. The quantitative estimate of drug-likeness (QED) is 0.624. The van der Waals surface area contributed by atoms with Gasteiger partial charge < -0.3 is 10.3 Å². The molecule has 1 aliphatic carbocycles. The molecule has 2 atom stereocenters. The molecule has 4 rings (SSSR count). The van der Waals surface area contributed by atoms with E-state index in [-0.39, 0.29) is 17.7 Å². The maximum Gasteiger partial charge on any atom is 0.227 e. The van der Waals surface area contributed by atoms with Gasteiger partial charge in [-0.25, -0.2) is 0 Å². The summed E-state index contributed by atoms with van der Waals surface area (Å²) in [5.74, 6) is 0.437. The first-order valence-electron chi connectivity index (χ1n) is 10.6. The lowest BCUT2D eigenvalue weighted by molar-refractivity contribution is -0.122. The van der Waals surface area contributed by atoms with E-state index in [2.05, 4.69) is 34.6 Å². The summed E-state index contributed by atoms with van der Waals surface area (Å²) in [6.45, 7) is 2.56. The average Bonchev–Trinajstić information content (AvgIpc) is 3.34. The van der Waals surface area contributed by atoms with E-state index in [0.29, 0.717) is 12.3 Å². The van der Waals surface area contributed by atoms with Crippen LogP contribution in [-0.4, -0.2) is 23.2 Å². The first-order chi connectivity index (χ1) is 14.1. The smallest absolute Gasteiger partial charge is 0.227 e. The summed E-state index contributed by atoms with van der Waals surface area (Å²) in [5, 5.41) is 4.28. The number of nitrogens with one attached hydrogen (secondary N) is 2. The topological polar surface area (TPSA) is 62.0 Å². The highest BCUT2D eigenvalue weighted by atomic mass is 16.1. The van der Waals surface area contributed by atoms with E-state index < -0.39 is 0 Å². The Labute approximate surface area is 171 Å². The molecule has 1 aromatic heterocycles. The number of para-hydroxylation sites is 1. The van der Waals surface area contributed by atoms with Crippen LogP contribution < -0.4 is 5.32 Å². The highest BCUT2D eigenvalue weighted by molar-refractivity contribution is 5.85. The Balaban J connectivity index is 1.30. The SMILES string of the molecule is C[C@H](C(=O)NCCc1c[nH]c2ccccc12)c1ccc(C[C@H]2CCCC2=O)cc1. The maximum atomic E-state index is 12.6. The molecule has 3 aromatic rings. The van der Waals surface area contributed by atoms with E-state index in [4.69, 9.17) is 0 Å². The third-order valence-corrected chi connectivity index (χ3v) is 6.15. The second-order valence-corrected chi connectivity index (χ2v) is 8.12. The van der Waals surface area contributed by atoms with E-state index in [1.165, 1.54) is 16.5 Å². The summed E-state index contributed by atoms with van der Waals surface area (Å²) in [6.07, 6.45) is 6.42. The average molecular weight is 389 g/mol. The molecule has 0 radical (unpaired) electrons. The maximum absolute atomic E-state index is 12.6. The van der Waals surface area contributed by atoms with Crippen LogP contribution in [0.4, 0.5) is 0 Å². The molecule has 0 unspecified atom stereocenters. The lowest BCUT2D eigenvalue weighted by Crippen LogP contribution is -2.29. The lowest BCUT2D eigenvalue weighted by atomic mass is 9.94. The number of rotatable bonds is 7. The molecule has 0 aliphatic heterocycles. The lowest BCUT2D eigenvalue weighted by Gasteiger charge is -2.14. The number of ketones is 1. The Morgan fingerprint density at radius 3 is 2.72 bits per heavy atom. The third-order valence-electron chi connectivity index (χ3n) is 6.15. The number of aromatic nitrogens is 1. The van der Waals surface area contributed by atoms with Crippen molar-refractivity contribution in [3.63, 3.8) is 0 Å². The number of carbonyl (C=O) groups is 2. The van der Waals surface area contributed by atoms with E-state index in [1.54, 1.807) is 0 Å². The summed E-state index contributed by atoms with van der Waals surface area (Å²) < 4.78 is 0. The normalized spacial score (nSPS) is 17.6. The molecule has 1 fully saturated rings. The van der Waals surface area contributed by atoms with Crippen LogP contribution in [0.5, 0.6) is 0 Å². The van der Waals surface area contributed by atoms with Crippen molar-refractivity contribution >= 4 is 22.6 Å². The molecule has 4 nitrogen and oxygen atoms in total. The third kappa shape index (κ3) is 4.42. The number of hydrogen-bond donors (Lipinski definition) is 2. The molecular weight excluding hydrogens is 360 g/mol. The van der Waals surface area contributed by atoms with Gasteiger partial charge in [-0.05, 0) is 55.4 Å². The summed E-state index contributed by atoms with van der Waals surface area (Å²) in [6, 6.07) is 16.4. The van der Waals surface area contributed by atoms with Crippen LogP contribution in [-0.2, 0) is 22.4 Å². The van der Waals surface area contributed by atoms with Crippen LogP contribution in [0.1, 0.15) is 48.8 Å². The second-order valence-electron chi connectivity index (χ2n) is 8.12. The van der Waals surface area contributed by atoms with Gasteiger partial charge in [-0.2, -0.15) is 0 Å². The molecule has 0 spiro atoms. The first-order valence-corrected chi connectivity index (χ1v) is 10.6. The fourth-order valence-electron chi connectivity index (χ4n) is 4.29. The van der Waals surface area contributed by atoms with Crippen molar-refractivity contribution in [1.82, 2.24) is 10.3 Å². The fourth-order valence-corrected chi connectivity index (χ4v) is 4.29. The van der Waals surface area contributed by atoms with Crippen molar-refractivity contribution in [1.29, 1.82) is 0 Å². The Morgan fingerprint density at radius 2 is 1.97 bits per heavy atom. The molecule has 1 saturated carbocycles. The zero-order valence-electron chi connectivity index (χ0n) is 16.9. The summed E-state index contributed by atoms with van der Waals surface area (Å²) >= 11 is 0. The molecule has 29 heavy (non-hydrogen) atoms. The summed E-state index contributed by atoms with van der Waals surface area (Å²) in [4.78, 5) is 27.7. The Bertz CT molecular complexity index is 1000. The highest BCUT2D eigenvalue weighted by Gasteiger charge is 2.24. The first kappa shape index (κ1) is 19.4. The van der Waals surface area contributed by atoms with Gasteiger partial charge in [-0.15, -0.1) is 0 Å².